The molecule has 76 valence electrons. The molecule has 0 heterocycles. The van der Waals surface area contributed by atoms with Crippen molar-refractivity contribution in [3.63, 3.8) is 0 Å². The van der Waals surface area contributed by atoms with Crippen LogP contribution in [-0.4, -0.2) is 11.1 Å². The van der Waals surface area contributed by atoms with Gasteiger partial charge in [0.15, 0.2) is 0 Å². The van der Waals surface area contributed by atoms with E-state index in [0.29, 0.717) is 12.3 Å². The highest BCUT2D eigenvalue weighted by molar-refractivity contribution is 5.66. The van der Waals surface area contributed by atoms with Gasteiger partial charge in [0.05, 0.1) is 0 Å². The third-order valence-electron chi connectivity index (χ3n) is 2.90. The Morgan fingerprint density at radius 1 is 1.38 bits per heavy atom. The normalized spacial score (nSPS) is 27.3. The van der Waals surface area contributed by atoms with Crippen molar-refractivity contribution >= 4 is 5.97 Å². The van der Waals surface area contributed by atoms with E-state index in [0.717, 1.165) is 18.3 Å². The second kappa shape index (κ2) is 4.64. The predicted molar refractivity (Wildman–Crippen MR) is 52.5 cm³/mol. The summed E-state index contributed by atoms with van der Waals surface area (Å²) in [6, 6.07) is 0. The number of carboxylic acids is 1. The first-order valence-electron chi connectivity index (χ1n) is 5.29. The highest BCUT2D eigenvalue weighted by Gasteiger charge is 2.29. The minimum absolute atomic E-state index is 0.360. The van der Waals surface area contributed by atoms with Crippen molar-refractivity contribution in [3.05, 3.63) is 0 Å². The molecule has 0 spiro atoms. The summed E-state index contributed by atoms with van der Waals surface area (Å²) in [5.41, 5.74) is 0. The Hall–Kier alpha value is -0.530. The Morgan fingerprint density at radius 2 is 2.00 bits per heavy atom. The van der Waals surface area contributed by atoms with Gasteiger partial charge in [0.1, 0.15) is 0 Å². The topological polar surface area (TPSA) is 37.3 Å². The maximum Gasteiger partial charge on any atom is 0.303 e. The zero-order chi connectivity index (χ0) is 9.84. The lowest BCUT2D eigenvalue weighted by atomic mass is 9.70. The molecule has 1 saturated carbocycles. The van der Waals surface area contributed by atoms with Crippen molar-refractivity contribution in [2.24, 2.45) is 17.8 Å². The summed E-state index contributed by atoms with van der Waals surface area (Å²) >= 11 is 0. The average molecular weight is 184 g/mol. The van der Waals surface area contributed by atoms with Gasteiger partial charge in [-0.15, -0.1) is 0 Å². The van der Waals surface area contributed by atoms with Crippen LogP contribution in [0.25, 0.3) is 0 Å². The van der Waals surface area contributed by atoms with Gasteiger partial charge in [-0.05, 0) is 43.4 Å². The summed E-state index contributed by atoms with van der Waals surface area (Å²) in [5, 5.41) is 8.49. The quantitative estimate of drug-likeness (QED) is 0.713. The van der Waals surface area contributed by atoms with Gasteiger partial charge >= 0.3 is 5.97 Å². The Labute approximate surface area is 80.3 Å². The van der Waals surface area contributed by atoms with E-state index in [1.54, 1.807) is 0 Å². The zero-order valence-electron chi connectivity index (χ0n) is 8.62. The van der Waals surface area contributed by atoms with Gasteiger partial charge in [0.2, 0.25) is 0 Å². The summed E-state index contributed by atoms with van der Waals surface area (Å²) in [6.45, 7) is 4.51. The molecule has 0 aromatic carbocycles. The molecular formula is C11H20O2. The first kappa shape index (κ1) is 10.6. The van der Waals surface area contributed by atoms with Crippen molar-refractivity contribution < 1.29 is 9.90 Å². The smallest absolute Gasteiger partial charge is 0.303 e. The third-order valence-corrected chi connectivity index (χ3v) is 2.90. The van der Waals surface area contributed by atoms with Gasteiger partial charge < -0.3 is 5.11 Å². The van der Waals surface area contributed by atoms with E-state index in [4.69, 9.17) is 5.11 Å². The molecule has 0 radical (unpaired) electrons. The lowest BCUT2D eigenvalue weighted by molar-refractivity contribution is -0.137. The predicted octanol–water partition coefficient (Wildman–Crippen LogP) is 2.92. The van der Waals surface area contributed by atoms with E-state index < -0.39 is 5.97 Å². The van der Waals surface area contributed by atoms with Gasteiger partial charge in [-0.1, -0.05) is 13.8 Å². The monoisotopic (exact) mass is 184 g/mol. The number of rotatable bonds is 5. The first-order chi connectivity index (χ1) is 6.08. The Morgan fingerprint density at radius 3 is 2.46 bits per heavy atom. The highest BCUT2D eigenvalue weighted by atomic mass is 16.4. The second-order valence-electron chi connectivity index (χ2n) is 4.77. The van der Waals surface area contributed by atoms with Crippen LogP contribution in [0.3, 0.4) is 0 Å². The fraction of sp³-hybridized carbons (Fsp3) is 0.909. The van der Waals surface area contributed by atoms with Crippen LogP contribution in [-0.2, 0) is 4.79 Å². The van der Waals surface area contributed by atoms with Crippen LogP contribution in [0.5, 0.6) is 0 Å². The molecular weight excluding hydrogens is 164 g/mol. The molecule has 1 aliphatic rings. The third kappa shape index (κ3) is 3.79. The van der Waals surface area contributed by atoms with Gasteiger partial charge in [0, 0.05) is 6.42 Å². The highest BCUT2D eigenvalue weighted by Crippen LogP contribution is 2.40. The molecule has 13 heavy (non-hydrogen) atoms. The lowest BCUT2D eigenvalue weighted by Gasteiger charge is -2.36. The Kier molecular flexibility index (Phi) is 3.76. The fourth-order valence-corrected chi connectivity index (χ4v) is 2.30. The van der Waals surface area contributed by atoms with Gasteiger partial charge in [-0.3, -0.25) is 4.79 Å². The van der Waals surface area contributed by atoms with Crippen molar-refractivity contribution in [1.29, 1.82) is 0 Å². The average Bonchev–Trinajstić information content (AvgIpc) is 1.92. The Bertz CT molecular complexity index is 169. The molecule has 0 unspecified atom stereocenters. The molecule has 1 aliphatic carbocycles. The maximum atomic E-state index is 10.3. The molecule has 0 saturated heterocycles. The van der Waals surface area contributed by atoms with Crippen LogP contribution in [0.2, 0.25) is 0 Å². The van der Waals surface area contributed by atoms with E-state index in [9.17, 15) is 4.79 Å². The van der Waals surface area contributed by atoms with Crippen molar-refractivity contribution in [2.45, 2.75) is 46.0 Å². The van der Waals surface area contributed by atoms with E-state index in [-0.39, 0.29) is 0 Å². The number of hydrogen-bond donors (Lipinski definition) is 1. The van der Waals surface area contributed by atoms with E-state index >= 15 is 0 Å². The van der Waals surface area contributed by atoms with E-state index in [1.807, 2.05) is 0 Å². The van der Waals surface area contributed by atoms with Crippen LogP contribution in [0.4, 0.5) is 0 Å². The standard InChI is InChI=1S/C11H20O2/c1-8(2)5-10-6-9(7-10)3-4-11(12)13/h8-10H,3-7H2,1-2H3,(H,12,13). The van der Waals surface area contributed by atoms with Crippen molar-refractivity contribution in [2.75, 3.05) is 0 Å². The Balaban J connectivity index is 2.02. The van der Waals surface area contributed by atoms with E-state index in [1.165, 1.54) is 19.3 Å². The summed E-state index contributed by atoms with van der Waals surface area (Å²) < 4.78 is 0. The van der Waals surface area contributed by atoms with Crippen LogP contribution in [0.15, 0.2) is 0 Å². The molecule has 0 aromatic heterocycles. The molecule has 2 heteroatoms. The zero-order valence-corrected chi connectivity index (χ0v) is 8.62. The summed E-state index contributed by atoms with van der Waals surface area (Å²) in [6.07, 6.45) is 5.11. The van der Waals surface area contributed by atoms with Gasteiger partial charge in [0.25, 0.3) is 0 Å². The van der Waals surface area contributed by atoms with Crippen LogP contribution < -0.4 is 0 Å². The largest absolute Gasteiger partial charge is 0.481 e. The molecule has 0 aliphatic heterocycles. The van der Waals surface area contributed by atoms with Crippen LogP contribution >= 0.6 is 0 Å². The minimum atomic E-state index is -0.646. The maximum absolute atomic E-state index is 10.3. The molecule has 0 atom stereocenters. The molecule has 0 amide bonds. The molecule has 2 nitrogen and oxygen atoms in total. The lowest BCUT2D eigenvalue weighted by Crippen LogP contribution is -2.25. The number of hydrogen-bond acceptors (Lipinski definition) is 1. The van der Waals surface area contributed by atoms with Crippen LogP contribution in [0, 0.1) is 17.8 Å². The molecule has 0 bridgehead atoms. The number of carbonyl (C=O) groups is 1. The molecule has 1 N–H and O–H groups in total. The van der Waals surface area contributed by atoms with Crippen molar-refractivity contribution in [1.82, 2.24) is 0 Å². The molecule has 0 aromatic rings. The summed E-state index contributed by atoms with van der Waals surface area (Å²) in [5.74, 6) is 1.75. The molecule has 1 rings (SSSR count). The minimum Gasteiger partial charge on any atom is -0.481 e. The van der Waals surface area contributed by atoms with Crippen molar-refractivity contribution in [3.8, 4) is 0 Å². The second-order valence-corrected chi connectivity index (χ2v) is 4.77. The summed E-state index contributed by atoms with van der Waals surface area (Å²) in [7, 11) is 0. The molecule has 1 fully saturated rings. The fourth-order valence-electron chi connectivity index (χ4n) is 2.30. The summed E-state index contributed by atoms with van der Waals surface area (Å²) in [4.78, 5) is 10.3. The SMILES string of the molecule is CC(C)CC1CC(CCC(=O)O)C1. The van der Waals surface area contributed by atoms with Gasteiger partial charge in [-0.2, -0.15) is 0 Å². The first-order valence-corrected chi connectivity index (χ1v) is 5.29. The van der Waals surface area contributed by atoms with Crippen LogP contribution in [0.1, 0.15) is 46.0 Å². The van der Waals surface area contributed by atoms with E-state index in [2.05, 4.69) is 13.8 Å². The van der Waals surface area contributed by atoms with Gasteiger partial charge in [-0.25, -0.2) is 0 Å². The number of aliphatic carboxylic acids is 1. The number of carboxylic acid groups (broad SMARTS) is 1.